The molecular formula is C25H35N3O7. The van der Waals surface area contributed by atoms with Crippen LogP contribution < -0.4 is 5.32 Å². The number of rotatable bonds is 5. The predicted molar refractivity (Wildman–Crippen MR) is 125 cm³/mol. The van der Waals surface area contributed by atoms with E-state index in [1.807, 2.05) is 19.1 Å². The number of allylic oxidation sites excluding steroid dienone is 1. The topological polar surface area (TPSA) is 125 Å². The van der Waals surface area contributed by atoms with E-state index in [-0.39, 0.29) is 43.8 Å². The average Bonchev–Trinajstić information content (AvgIpc) is 3.46. The standard InChI is InChI=1S/C25H35N3O7/c1-3-4-11-27-12-7-5-6-8-18(30)26-15-16(2)34-24(33)19-17-9-10-25(35-17)20(19)22(31)28(13-14-29)21(25)23(27)32/h5,7,9-10,16-17,19-21,29H,3-4,6,8,11-15H2,1-2H3,(H,26,30)/b7-5-/t16-,17+,19-,20-,21+,25-/m0/s1. The third kappa shape index (κ3) is 4.61. The molecule has 2 fully saturated rings. The summed E-state index contributed by atoms with van der Waals surface area (Å²) in [5.74, 6) is -3.22. The van der Waals surface area contributed by atoms with Crippen molar-refractivity contribution >= 4 is 23.7 Å². The van der Waals surface area contributed by atoms with E-state index in [4.69, 9.17) is 9.47 Å². The number of likely N-dealkylation sites (tertiary alicyclic amines) is 1. The summed E-state index contributed by atoms with van der Waals surface area (Å²) in [6.45, 7) is 4.35. The molecule has 2 N–H and O–H groups in total. The number of hydrogen-bond acceptors (Lipinski definition) is 7. The summed E-state index contributed by atoms with van der Waals surface area (Å²) in [5.41, 5.74) is -1.28. The number of amides is 3. The second kappa shape index (κ2) is 10.5. The van der Waals surface area contributed by atoms with Crippen molar-refractivity contribution in [2.45, 2.75) is 63.4 Å². The van der Waals surface area contributed by atoms with Gasteiger partial charge in [0.1, 0.15) is 23.7 Å². The zero-order valence-electron chi connectivity index (χ0n) is 20.4. The van der Waals surface area contributed by atoms with Gasteiger partial charge in [-0.25, -0.2) is 0 Å². The molecule has 4 heterocycles. The van der Waals surface area contributed by atoms with Crippen molar-refractivity contribution in [1.82, 2.24) is 15.1 Å². The van der Waals surface area contributed by atoms with Gasteiger partial charge in [0.2, 0.25) is 17.7 Å². The van der Waals surface area contributed by atoms with E-state index in [2.05, 4.69) is 5.32 Å². The highest BCUT2D eigenvalue weighted by Gasteiger charge is 2.73. The van der Waals surface area contributed by atoms with Crippen molar-refractivity contribution in [2.24, 2.45) is 11.8 Å². The number of carbonyl (C=O) groups is 4. The van der Waals surface area contributed by atoms with Crippen LogP contribution in [0.1, 0.15) is 39.5 Å². The number of carbonyl (C=O) groups excluding carboxylic acids is 4. The van der Waals surface area contributed by atoms with Crippen molar-refractivity contribution < 1.29 is 33.8 Å². The number of hydrogen-bond donors (Lipinski definition) is 2. The zero-order chi connectivity index (χ0) is 25.2. The Hall–Kier alpha value is -2.72. The number of unbranched alkanes of at least 4 members (excludes halogenated alkanes) is 1. The van der Waals surface area contributed by atoms with Crippen LogP contribution in [0.25, 0.3) is 0 Å². The molecule has 10 nitrogen and oxygen atoms in total. The fourth-order valence-corrected chi connectivity index (χ4v) is 5.58. The maximum atomic E-state index is 14.0. The molecule has 0 aliphatic carbocycles. The molecule has 0 saturated carbocycles. The molecule has 1 spiro atoms. The van der Waals surface area contributed by atoms with E-state index in [0.717, 1.165) is 12.8 Å². The first-order valence-electron chi connectivity index (χ1n) is 12.5. The molecule has 3 amide bonds. The monoisotopic (exact) mass is 489 g/mol. The van der Waals surface area contributed by atoms with Crippen LogP contribution in [0.15, 0.2) is 24.3 Å². The maximum absolute atomic E-state index is 14.0. The lowest BCUT2D eigenvalue weighted by Crippen LogP contribution is -2.56. The number of esters is 1. The Kier molecular flexibility index (Phi) is 7.61. The molecule has 0 radical (unpaired) electrons. The van der Waals surface area contributed by atoms with E-state index >= 15 is 0 Å². The Balaban J connectivity index is 1.72. The molecule has 35 heavy (non-hydrogen) atoms. The highest BCUT2D eigenvalue weighted by atomic mass is 16.6. The molecule has 5 bridgehead atoms. The van der Waals surface area contributed by atoms with Crippen molar-refractivity contribution in [2.75, 3.05) is 32.8 Å². The van der Waals surface area contributed by atoms with Gasteiger partial charge in [0.05, 0.1) is 25.2 Å². The van der Waals surface area contributed by atoms with Gasteiger partial charge in [-0.2, -0.15) is 0 Å². The van der Waals surface area contributed by atoms with Gasteiger partial charge in [0.15, 0.2) is 0 Å². The summed E-state index contributed by atoms with van der Waals surface area (Å²) in [4.78, 5) is 56.0. The van der Waals surface area contributed by atoms with E-state index in [1.165, 1.54) is 4.90 Å². The lowest BCUT2D eigenvalue weighted by Gasteiger charge is -2.35. The van der Waals surface area contributed by atoms with Gasteiger partial charge in [0, 0.05) is 26.1 Å². The van der Waals surface area contributed by atoms with Crippen LogP contribution in [0.2, 0.25) is 0 Å². The number of β-amino-alcohol motifs (C(OH)–C–C–N with tert-alkyl or cyclic N) is 1. The molecule has 0 aromatic carbocycles. The molecular weight excluding hydrogens is 454 g/mol. The average molecular weight is 490 g/mol. The molecule has 4 rings (SSSR count). The first-order chi connectivity index (χ1) is 16.8. The summed E-state index contributed by atoms with van der Waals surface area (Å²) >= 11 is 0. The van der Waals surface area contributed by atoms with Gasteiger partial charge in [-0.15, -0.1) is 0 Å². The predicted octanol–water partition coefficient (Wildman–Crippen LogP) is 0.156. The Labute approximate surface area is 205 Å². The van der Waals surface area contributed by atoms with Gasteiger partial charge in [0.25, 0.3) is 0 Å². The molecule has 0 aromatic heterocycles. The molecule has 2 saturated heterocycles. The van der Waals surface area contributed by atoms with E-state index in [9.17, 15) is 24.3 Å². The Morgan fingerprint density at radius 1 is 1.17 bits per heavy atom. The first-order valence-corrected chi connectivity index (χ1v) is 12.5. The van der Waals surface area contributed by atoms with Crippen LogP contribution >= 0.6 is 0 Å². The van der Waals surface area contributed by atoms with Crippen molar-refractivity contribution in [3.8, 4) is 0 Å². The quantitative estimate of drug-likeness (QED) is 0.416. The number of nitrogens with one attached hydrogen (secondary N) is 1. The highest BCUT2D eigenvalue weighted by molar-refractivity contribution is 5.99. The molecule has 0 unspecified atom stereocenters. The number of aliphatic hydroxyl groups excluding tert-OH is 1. The molecule has 192 valence electrons. The SMILES string of the molecule is CCCCN1C/C=C\CCC(=O)NC[C@H](C)OC(=O)[C@@H]2[C@H]3C(=O)N(CCO)[C@H](C1=O)[C@]31C=C[C@H]2O1. The minimum absolute atomic E-state index is 0.0307. The number of cyclic esters (lactones) is 1. The van der Waals surface area contributed by atoms with Crippen molar-refractivity contribution in [3.63, 3.8) is 0 Å². The third-order valence-corrected chi connectivity index (χ3v) is 7.25. The van der Waals surface area contributed by atoms with Gasteiger partial charge in [-0.05, 0) is 19.8 Å². The second-order valence-corrected chi connectivity index (χ2v) is 9.66. The Bertz CT molecular complexity index is 919. The third-order valence-electron chi connectivity index (χ3n) is 7.25. The van der Waals surface area contributed by atoms with E-state index < -0.39 is 41.7 Å². The summed E-state index contributed by atoms with van der Waals surface area (Å²) in [7, 11) is 0. The minimum Gasteiger partial charge on any atom is -0.460 e. The maximum Gasteiger partial charge on any atom is 0.313 e. The highest BCUT2D eigenvalue weighted by Crippen LogP contribution is 2.55. The largest absolute Gasteiger partial charge is 0.460 e. The van der Waals surface area contributed by atoms with E-state index in [0.29, 0.717) is 19.5 Å². The number of ether oxygens (including phenoxy) is 2. The normalized spacial score (nSPS) is 36.4. The van der Waals surface area contributed by atoms with Gasteiger partial charge in [-0.3, -0.25) is 19.2 Å². The molecule has 6 atom stereocenters. The fourth-order valence-electron chi connectivity index (χ4n) is 5.58. The van der Waals surface area contributed by atoms with Gasteiger partial charge >= 0.3 is 5.97 Å². The zero-order valence-corrected chi connectivity index (χ0v) is 20.4. The van der Waals surface area contributed by atoms with Crippen molar-refractivity contribution in [3.05, 3.63) is 24.3 Å². The summed E-state index contributed by atoms with van der Waals surface area (Å²) in [6, 6.07) is -0.979. The van der Waals surface area contributed by atoms with Crippen LogP contribution in [0.3, 0.4) is 0 Å². The summed E-state index contributed by atoms with van der Waals surface area (Å²) in [5, 5.41) is 12.5. The van der Waals surface area contributed by atoms with E-state index in [1.54, 1.807) is 24.0 Å². The summed E-state index contributed by atoms with van der Waals surface area (Å²) < 4.78 is 11.9. The van der Waals surface area contributed by atoms with Crippen LogP contribution in [0.5, 0.6) is 0 Å². The van der Waals surface area contributed by atoms with Crippen molar-refractivity contribution in [1.29, 1.82) is 0 Å². The van der Waals surface area contributed by atoms with Crippen LogP contribution in [-0.4, -0.2) is 95.2 Å². The smallest absolute Gasteiger partial charge is 0.313 e. The molecule has 0 aromatic rings. The number of aliphatic hydroxyl groups is 1. The lowest BCUT2D eigenvalue weighted by molar-refractivity contribution is -0.158. The van der Waals surface area contributed by atoms with Crippen LogP contribution in [0.4, 0.5) is 0 Å². The van der Waals surface area contributed by atoms with Gasteiger partial charge in [-0.1, -0.05) is 37.6 Å². The molecule has 4 aliphatic heterocycles. The van der Waals surface area contributed by atoms with Crippen LogP contribution in [-0.2, 0) is 28.7 Å². The lowest BCUT2D eigenvalue weighted by atomic mass is 9.74. The Morgan fingerprint density at radius 3 is 2.71 bits per heavy atom. The summed E-state index contributed by atoms with van der Waals surface area (Å²) in [6.07, 6.45) is 8.41. The number of fused-ring (bicyclic) bond motifs is 2. The first kappa shape index (κ1) is 25.4. The molecule has 10 heteroatoms. The molecule has 4 aliphatic rings. The fraction of sp³-hybridized carbons (Fsp3) is 0.680. The van der Waals surface area contributed by atoms with Gasteiger partial charge < -0.3 is 29.7 Å². The Morgan fingerprint density at radius 2 is 1.97 bits per heavy atom. The number of nitrogens with zero attached hydrogens (tertiary/aromatic N) is 2. The minimum atomic E-state index is -1.28. The second-order valence-electron chi connectivity index (χ2n) is 9.66. The van der Waals surface area contributed by atoms with Crippen LogP contribution in [0, 0.1) is 11.8 Å².